The van der Waals surface area contributed by atoms with Crippen LogP contribution < -0.4 is 4.72 Å². The molecule has 0 fully saturated rings. The molecule has 0 spiro atoms. The van der Waals surface area contributed by atoms with Crippen molar-refractivity contribution in [2.24, 2.45) is 0 Å². The van der Waals surface area contributed by atoms with Gasteiger partial charge in [-0.1, -0.05) is 23.7 Å². The summed E-state index contributed by atoms with van der Waals surface area (Å²) in [6, 6.07) is 9.06. The standard InChI is InChI=1S/C14H10ClF2NO2S/c15-11-3-1-10(2-4-11)7-8-21(19,20)18-14-6-5-12(16)9-13(14)17/h1-9,18H/b8-7+. The molecule has 2 aromatic carbocycles. The van der Waals surface area contributed by atoms with E-state index >= 15 is 0 Å². The van der Waals surface area contributed by atoms with Crippen molar-refractivity contribution in [3.05, 3.63) is 70.1 Å². The van der Waals surface area contributed by atoms with Crippen LogP contribution in [0.5, 0.6) is 0 Å². The van der Waals surface area contributed by atoms with Gasteiger partial charge < -0.3 is 0 Å². The third-order valence-corrected chi connectivity index (χ3v) is 3.74. The zero-order chi connectivity index (χ0) is 15.5. The third kappa shape index (κ3) is 4.54. The van der Waals surface area contributed by atoms with Crippen LogP contribution in [0.3, 0.4) is 0 Å². The minimum absolute atomic E-state index is 0.322. The van der Waals surface area contributed by atoms with Gasteiger partial charge in [-0.2, -0.15) is 0 Å². The lowest BCUT2D eigenvalue weighted by atomic mass is 10.2. The second-order valence-electron chi connectivity index (χ2n) is 4.13. The van der Waals surface area contributed by atoms with Gasteiger partial charge in [-0.15, -0.1) is 0 Å². The van der Waals surface area contributed by atoms with Crippen molar-refractivity contribution in [2.45, 2.75) is 0 Å². The summed E-state index contributed by atoms with van der Waals surface area (Å²) >= 11 is 5.71. The van der Waals surface area contributed by atoms with Gasteiger partial charge in [0.15, 0.2) is 0 Å². The summed E-state index contributed by atoms with van der Waals surface area (Å²) in [6.45, 7) is 0. The Hall–Kier alpha value is -1.92. The lowest BCUT2D eigenvalue weighted by molar-refractivity contribution is 0.584. The zero-order valence-electron chi connectivity index (χ0n) is 10.6. The van der Waals surface area contributed by atoms with Crippen LogP contribution in [-0.4, -0.2) is 8.42 Å². The van der Waals surface area contributed by atoms with E-state index in [1.54, 1.807) is 24.3 Å². The van der Waals surface area contributed by atoms with Crippen LogP contribution in [0.2, 0.25) is 5.02 Å². The summed E-state index contributed by atoms with van der Waals surface area (Å²) in [5, 5.41) is 1.42. The highest BCUT2D eigenvalue weighted by Crippen LogP contribution is 2.17. The van der Waals surface area contributed by atoms with Crippen molar-refractivity contribution >= 4 is 33.4 Å². The quantitative estimate of drug-likeness (QED) is 0.920. The van der Waals surface area contributed by atoms with Gasteiger partial charge in [-0.25, -0.2) is 17.2 Å². The number of benzene rings is 2. The number of anilines is 1. The molecule has 0 aromatic heterocycles. The molecule has 0 amide bonds. The Morgan fingerprint density at radius 1 is 1.05 bits per heavy atom. The first kappa shape index (κ1) is 15.5. The number of halogens is 3. The van der Waals surface area contributed by atoms with E-state index in [2.05, 4.69) is 0 Å². The number of sulfonamides is 1. The van der Waals surface area contributed by atoms with Crippen molar-refractivity contribution in [3.63, 3.8) is 0 Å². The highest BCUT2D eigenvalue weighted by atomic mass is 35.5. The van der Waals surface area contributed by atoms with Crippen LogP contribution in [0.15, 0.2) is 47.9 Å². The van der Waals surface area contributed by atoms with E-state index in [9.17, 15) is 17.2 Å². The topological polar surface area (TPSA) is 46.2 Å². The SMILES string of the molecule is O=S(=O)(/C=C/c1ccc(Cl)cc1)Nc1ccc(F)cc1F. The van der Waals surface area contributed by atoms with Crippen LogP contribution in [0.1, 0.15) is 5.56 Å². The van der Waals surface area contributed by atoms with E-state index < -0.39 is 21.7 Å². The molecule has 0 unspecified atom stereocenters. The number of hydrogen-bond acceptors (Lipinski definition) is 2. The summed E-state index contributed by atoms with van der Waals surface area (Å²) in [5.74, 6) is -1.77. The fourth-order valence-electron chi connectivity index (χ4n) is 1.50. The lowest BCUT2D eigenvalue weighted by Crippen LogP contribution is -2.10. The van der Waals surface area contributed by atoms with Crippen molar-refractivity contribution in [1.82, 2.24) is 0 Å². The zero-order valence-corrected chi connectivity index (χ0v) is 12.1. The first-order valence-corrected chi connectivity index (χ1v) is 7.70. The maximum atomic E-state index is 13.4. The molecule has 0 atom stereocenters. The number of rotatable bonds is 4. The van der Waals surface area contributed by atoms with Gasteiger partial charge >= 0.3 is 0 Å². The maximum Gasteiger partial charge on any atom is 0.255 e. The molecule has 0 bridgehead atoms. The first-order chi connectivity index (χ1) is 9.85. The normalized spacial score (nSPS) is 11.8. The Kier molecular flexibility index (Phi) is 4.59. The number of hydrogen-bond donors (Lipinski definition) is 1. The smallest absolute Gasteiger partial charge is 0.255 e. The van der Waals surface area contributed by atoms with Crippen molar-refractivity contribution in [3.8, 4) is 0 Å². The minimum atomic E-state index is -3.90. The molecule has 0 heterocycles. The van der Waals surface area contributed by atoms with E-state index in [4.69, 9.17) is 11.6 Å². The Balaban J connectivity index is 2.16. The van der Waals surface area contributed by atoms with Crippen LogP contribution >= 0.6 is 11.6 Å². The molecule has 0 radical (unpaired) electrons. The Labute approximate surface area is 125 Å². The van der Waals surface area contributed by atoms with Gasteiger partial charge in [-0.3, -0.25) is 4.72 Å². The largest absolute Gasteiger partial charge is 0.277 e. The molecule has 0 saturated heterocycles. The summed E-state index contributed by atoms with van der Waals surface area (Å²) < 4.78 is 51.7. The van der Waals surface area contributed by atoms with E-state index in [0.29, 0.717) is 16.7 Å². The molecule has 21 heavy (non-hydrogen) atoms. The minimum Gasteiger partial charge on any atom is -0.277 e. The van der Waals surface area contributed by atoms with E-state index in [0.717, 1.165) is 17.5 Å². The molecule has 0 aliphatic heterocycles. The fraction of sp³-hybridized carbons (Fsp3) is 0. The maximum absolute atomic E-state index is 13.4. The van der Waals surface area contributed by atoms with Crippen LogP contribution in [0, 0.1) is 11.6 Å². The third-order valence-electron chi connectivity index (χ3n) is 2.49. The van der Waals surface area contributed by atoms with Crippen molar-refractivity contribution in [1.29, 1.82) is 0 Å². The number of nitrogens with one attached hydrogen (secondary N) is 1. The van der Waals surface area contributed by atoms with Crippen LogP contribution in [0.4, 0.5) is 14.5 Å². The average molecular weight is 330 g/mol. The lowest BCUT2D eigenvalue weighted by Gasteiger charge is -2.05. The second kappa shape index (κ2) is 6.24. The van der Waals surface area contributed by atoms with Gasteiger partial charge in [0.2, 0.25) is 0 Å². The molecular formula is C14H10ClF2NO2S. The second-order valence-corrected chi connectivity index (χ2v) is 6.13. The van der Waals surface area contributed by atoms with Gasteiger partial charge in [-0.05, 0) is 35.9 Å². The highest BCUT2D eigenvalue weighted by Gasteiger charge is 2.10. The molecular weight excluding hydrogens is 320 g/mol. The van der Waals surface area contributed by atoms with Gasteiger partial charge in [0.05, 0.1) is 11.1 Å². The monoisotopic (exact) mass is 329 g/mol. The first-order valence-electron chi connectivity index (χ1n) is 5.77. The van der Waals surface area contributed by atoms with Gasteiger partial charge in [0, 0.05) is 11.1 Å². The molecule has 2 aromatic rings. The predicted molar refractivity (Wildman–Crippen MR) is 79.4 cm³/mol. The Morgan fingerprint density at radius 3 is 2.33 bits per heavy atom. The Morgan fingerprint density at radius 2 is 1.71 bits per heavy atom. The Bertz CT molecular complexity index is 774. The average Bonchev–Trinajstić information content (AvgIpc) is 2.41. The molecule has 0 saturated carbocycles. The summed E-state index contributed by atoms with van der Waals surface area (Å²) in [7, 11) is -3.90. The van der Waals surface area contributed by atoms with E-state index in [-0.39, 0.29) is 5.69 Å². The van der Waals surface area contributed by atoms with Gasteiger partial charge in [0.1, 0.15) is 11.6 Å². The fourth-order valence-corrected chi connectivity index (χ4v) is 2.50. The van der Waals surface area contributed by atoms with Crippen molar-refractivity contribution < 1.29 is 17.2 Å². The van der Waals surface area contributed by atoms with Crippen molar-refractivity contribution in [2.75, 3.05) is 4.72 Å². The summed E-state index contributed by atoms with van der Waals surface area (Å²) in [4.78, 5) is 0. The molecule has 7 heteroatoms. The predicted octanol–water partition coefficient (Wildman–Crippen LogP) is 4.03. The molecule has 0 aliphatic rings. The van der Waals surface area contributed by atoms with Crippen LogP contribution in [-0.2, 0) is 10.0 Å². The molecule has 2 rings (SSSR count). The van der Waals surface area contributed by atoms with Gasteiger partial charge in [0.25, 0.3) is 10.0 Å². The van der Waals surface area contributed by atoms with E-state index in [1.165, 1.54) is 6.08 Å². The highest BCUT2D eigenvalue weighted by molar-refractivity contribution is 7.95. The molecule has 110 valence electrons. The summed E-state index contributed by atoms with van der Waals surface area (Å²) in [6.07, 6.45) is 1.33. The molecule has 1 N–H and O–H groups in total. The summed E-state index contributed by atoms with van der Waals surface area (Å²) in [5.41, 5.74) is 0.293. The molecule has 3 nitrogen and oxygen atoms in total. The van der Waals surface area contributed by atoms with E-state index in [1.807, 2.05) is 4.72 Å². The molecule has 0 aliphatic carbocycles. The van der Waals surface area contributed by atoms with Crippen LogP contribution in [0.25, 0.3) is 6.08 Å².